The molecule has 3 amide bonds. The Morgan fingerprint density at radius 2 is 1.45 bits per heavy atom. The van der Waals surface area contributed by atoms with Gasteiger partial charge in [0.15, 0.2) is 6.61 Å². The molecule has 0 aliphatic heterocycles. The third-order valence-corrected chi connectivity index (χ3v) is 4.45. The Morgan fingerprint density at radius 3 is 2.13 bits per heavy atom. The standard InChI is InChI=1S/C24H23N3O4/c1-16-8-13-21(17(2)14-16)31-15-22(28)26-27-24(30)19-9-11-20(12-10-19)25-23(29)18-6-4-3-5-7-18/h3-14H,15H2,1-2H3,(H,25,29)(H,26,28)(H,27,30). The molecule has 0 aromatic heterocycles. The Labute approximate surface area is 180 Å². The van der Waals surface area contributed by atoms with Gasteiger partial charge in [-0.1, -0.05) is 35.9 Å². The summed E-state index contributed by atoms with van der Waals surface area (Å²) in [5, 5.41) is 2.76. The predicted molar refractivity (Wildman–Crippen MR) is 118 cm³/mol. The minimum Gasteiger partial charge on any atom is -0.483 e. The van der Waals surface area contributed by atoms with E-state index in [2.05, 4.69) is 16.2 Å². The number of rotatable bonds is 6. The number of amides is 3. The summed E-state index contributed by atoms with van der Waals surface area (Å²) in [5.74, 6) is -0.602. The Hall–Kier alpha value is -4.13. The molecule has 0 aliphatic rings. The number of carbonyl (C=O) groups is 3. The van der Waals surface area contributed by atoms with Crippen LogP contribution < -0.4 is 20.9 Å². The molecular weight excluding hydrogens is 394 g/mol. The van der Waals surface area contributed by atoms with E-state index in [0.717, 1.165) is 11.1 Å². The zero-order chi connectivity index (χ0) is 22.2. The van der Waals surface area contributed by atoms with E-state index >= 15 is 0 Å². The summed E-state index contributed by atoms with van der Waals surface area (Å²) in [5.41, 5.74) is 8.10. The van der Waals surface area contributed by atoms with Gasteiger partial charge in [0.1, 0.15) is 5.75 Å². The lowest BCUT2D eigenvalue weighted by Gasteiger charge is -2.11. The highest BCUT2D eigenvalue weighted by molar-refractivity contribution is 6.04. The van der Waals surface area contributed by atoms with Gasteiger partial charge in [0.05, 0.1) is 0 Å². The third kappa shape index (κ3) is 6.17. The molecule has 0 saturated heterocycles. The highest BCUT2D eigenvalue weighted by Crippen LogP contribution is 2.18. The van der Waals surface area contributed by atoms with Gasteiger partial charge in [-0.3, -0.25) is 25.2 Å². The van der Waals surface area contributed by atoms with Gasteiger partial charge in [0, 0.05) is 16.8 Å². The van der Waals surface area contributed by atoms with Crippen LogP contribution in [0.25, 0.3) is 0 Å². The zero-order valence-electron chi connectivity index (χ0n) is 17.3. The maximum atomic E-state index is 12.2. The van der Waals surface area contributed by atoms with Crippen LogP contribution in [0.3, 0.4) is 0 Å². The van der Waals surface area contributed by atoms with Crippen LogP contribution in [0.15, 0.2) is 72.8 Å². The second kappa shape index (κ2) is 10.1. The number of nitrogens with one attached hydrogen (secondary N) is 3. The van der Waals surface area contributed by atoms with Gasteiger partial charge in [0.25, 0.3) is 17.7 Å². The van der Waals surface area contributed by atoms with Crippen LogP contribution in [0, 0.1) is 13.8 Å². The first kappa shape index (κ1) is 21.6. The highest BCUT2D eigenvalue weighted by atomic mass is 16.5. The van der Waals surface area contributed by atoms with Crippen LogP contribution in [0.1, 0.15) is 31.8 Å². The molecule has 0 fully saturated rings. The van der Waals surface area contributed by atoms with E-state index in [9.17, 15) is 14.4 Å². The van der Waals surface area contributed by atoms with Gasteiger partial charge in [-0.15, -0.1) is 0 Å². The lowest BCUT2D eigenvalue weighted by atomic mass is 10.1. The Bertz CT molecular complexity index is 1080. The van der Waals surface area contributed by atoms with Crippen molar-refractivity contribution in [2.75, 3.05) is 11.9 Å². The molecule has 3 aromatic carbocycles. The number of benzene rings is 3. The van der Waals surface area contributed by atoms with Gasteiger partial charge in [-0.2, -0.15) is 0 Å². The van der Waals surface area contributed by atoms with Crippen LogP contribution in [-0.4, -0.2) is 24.3 Å². The Balaban J connectivity index is 1.46. The monoisotopic (exact) mass is 417 g/mol. The zero-order valence-corrected chi connectivity index (χ0v) is 17.3. The lowest BCUT2D eigenvalue weighted by Crippen LogP contribution is -2.43. The van der Waals surface area contributed by atoms with Crippen molar-refractivity contribution in [3.8, 4) is 5.75 Å². The van der Waals surface area contributed by atoms with Crippen molar-refractivity contribution in [1.82, 2.24) is 10.9 Å². The minimum absolute atomic E-state index is 0.228. The van der Waals surface area contributed by atoms with Crippen LogP contribution in [-0.2, 0) is 4.79 Å². The summed E-state index contributed by atoms with van der Waals surface area (Å²) < 4.78 is 5.48. The maximum absolute atomic E-state index is 12.2. The molecule has 3 rings (SSSR count). The summed E-state index contributed by atoms with van der Waals surface area (Å²) in [7, 11) is 0. The first-order chi connectivity index (χ1) is 14.9. The van der Waals surface area contributed by atoms with Crippen LogP contribution in [0.2, 0.25) is 0 Å². The molecule has 0 bridgehead atoms. The van der Waals surface area contributed by atoms with Gasteiger partial charge in [-0.05, 0) is 61.9 Å². The van der Waals surface area contributed by atoms with Crippen molar-refractivity contribution in [1.29, 1.82) is 0 Å². The molecule has 0 heterocycles. The van der Waals surface area contributed by atoms with E-state index in [1.807, 2.05) is 32.0 Å². The maximum Gasteiger partial charge on any atom is 0.276 e. The first-order valence-corrected chi connectivity index (χ1v) is 9.68. The fourth-order valence-corrected chi connectivity index (χ4v) is 2.84. The third-order valence-electron chi connectivity index (χ3n) is 4.45. The molecule has 0 saturated carbocycles. The molecule has 3 N–H and O–H groups in total. The smallest absolute Gasteiger partial charge is 0.276 e. The molecule has 0 radical (unpaired) electrons. The van der Waals surface area contributed by atoms with Crippen molar-refractivity contribution >= 4 is 23.4 Å². The summed E-state index contributed by atoms with van der Waals surface area (Å²) in [6.07, 6.45) is 0. The summed E-state index contributed by atoms with van der Waals surface area (Å²) in [6, 6.07) is 20.8. The average molecular weight is 417 g/mol. The van der Waals surface area contributed by atoms with E-state index in [4.69, 9.17) is 4.74 Å². The predicted octanol–water partition coefficient (Wildman–Crippen LogP) is 3.40. The van der Waals surface area contributed by atoms with Crippen molar-refractivity contribution in [3.63, 3.8) is 0 Å². The molecule has 7 heteroatoms. The summed E-state index contributed by atoms with van der Waals surface area (Å²) in [6.45, 7) is 3.64. The van der Waals surface area contributed by atoms with E-state index in [-0.39, 0.29) is 12.5 Å². The number of hydrogen-bond acceptors (Lipinski definition) is 4. The average Bonchev–Trinajstić information content (AvgIpc) is 2.78. The molecule has 7 nitrogen and oxygen atoms in total. The molecule has 3 aromatic rings. The van der Waals surface area contributed by atoms with Crippen molar-refractivity contribution in [2.24, 2.45) is 0 Å². The molecule has 0 spiro atoms. The van der Waals surface area contributed by atoms with Gasteiger partial charge >= 0.3 is 0 Å². The fourth-order valence-electron chi connectivity index (χ4n) is 2.84. The minimum atomic E-state index is -0.486. The second-order valence-corrected chi connectivity index (χ2v) is 6.96. The molecule has 158 valence electrons. The number of ether oxygens (including phenoxy) is 1. The number of anilines is 1. The first-order valence-electron chi connectivity index (χ1n) is 9.68. The van der Waals surface area contributed by atoms with Gasteiger partial charge < -0.3 is 10.1 Å². The number of aryl methyl sites for hydroxylation is 2. The fraction of sp³-hybridized carbons (Fsp3) is 0.125. The molecule has 0 atom stereocenters. The lowest BCUT2D eigenvalue weighted by molar-refractivity contribution is -0.123. The Morgan fingerprint density at radius 1 is 0.774 bits per heavy atom. The number of carbonyl (C=O) groups excluding carboxylic acids is 3. The van der Waals surface area contributed by atoms with E-state index in [1.54, 1.807) is 54.6 Å². The summed E-state index contributed by atoms with van der Waals surface area (Å²) >= 11 is 0. The molecule has 0 unspecified atom stereocenters. The van der Waals surface area contributed by atoms with Crippen molar-refractivity contribution in [3.05, 3.63) is 95.1 Å². The number of hydrazine groups is 1. The number of hydrogen-bond donors (Lipinski definition) is 3. The molecule has 31 heavy (non-hydrogen) atoms. The highest BCUT2D eigenvalue weighted by Gasteiger charge is 2.10. The van der Waals surface area contributed by atoms with Crippen molar-refractivity contribution < 1.29 is 19.1 Å². The van der Waals surface area contributed by atoms with Crippen LogP contribution in [0.5, 0.6) is 5.75 Å². The van der Waals surface area contributed by atoms with Crippen LogP contribution >= 0.6 is 0 Å². The van der Waals surface area contributed by atoms with E-state index < -0.39 is 11.8 Å². The second-order valence-electron chi connectivity index (χ2n) is 6.96. The Kier molecular flexibility index (Phi) is 7.01. The van der Waals surface area contributed by atoms with Crippen molar-refractivity contribution in [2.45, 2.75) is 13.8 Å². The van der Waals surface area contributed by atoms with E-state index in [0.29, 0.717) is 22.6 Å². The normalized spacial score (nSPS) is 10.1. The van der Waals surface area contributed by atoms with E-state index in [1.165, 1.54) is 0 Å². The summed E-state index contributed by atoms with van der Waals surface area (Å²) in [4.78, 5) is 36.3. The van der Waals surface area contributed by atoms with Gasteiger partial charge in [-0.25, -0.2) is 0 Å². The quantitative estimate of drug-likeness (QED) is 0.536. The molecular formula is C24H23N3O4. The topological polar surface area (TPSA) is 96.5 Å². The van der Waals surface area contributed by atoms with Gasteiger partial charge in [0.2, 0.25) is 0 Å². The SMILES string of the molecule is Cc1ccc(OCC(=O)NNC(=O)c2ccc(NC(=O)c3ccccc3)cc2)c(C)c1. The van der Waals surface area contributed by atoms with Crippen LogP contribution in [0.4, 0.5) is 5.69 Å². The largest absolute Gasteiger partial charge is 0.483 e. The molecule has 0 aliphatic carbocycles.